The molecule has 2 saturated heterocycles. The van der Waals surface area contributed by atoms with Crippen molar-refractivity contribution < 1.29 is 23.9 Å². The highest BCUT2D eigenvalue weighted by molar-refractivity contribution is 6.14. The topological polar surface area (TPSA) is 108 Å². The standard InChI is InChI=1S/C15H22N2O2.C4H4N2O3/c1-11-8-17(9-12(2)19-11)15-6-5-14(16(3)4)7-13(15)10-18;7-2-1-3(8)6-4(9)5-2/h5-7,10-12H,8-9H2,1-4H3;1H2,(H2,5,6,7,8,9)/t11-,12+;. The number of imide groups is 2. The molecule has 2 aliphatic rings. The van der Waals surface area contributed by atoms with Crippen molar-refractivity contribution in [3.05, 3.63) is 23.8 Å². The van der Waals surface area contributed by atoms with Crippen molar-refractivity contribution in [1.82, 2.24) is 10.6 Å². The van der Waals surface area contributed by atoms with E-state index in [4.69, 9.17) is 4.74 Å². The molecule has 0 aromatic heterocycles. The van der Waals surface area contributed by atoms with Gasteiger partial charge in [0.1, 0.15) is 6.42 Å². The van der Waals surface area contributed by atoms with E-state index in [-0.39, 0.29) is 18.6 Å². The number of morpholine rings is 1. The average Bonchev–Trinajstić information content (AvgIpc) is 2.59. The van der Waals surface area contributed by atoms with E-state index in [0.29, 0.717) is 0 Å². The quantitative estimate of drug-likeness (QED) is 0.584. The smallest absolute Gasteiger partial charge is 0.328 e. The maximum Gasteiger partial charge on any atom is 0.328 e. The van der Waals surface area contributed by atoms with Crippen molar-refractivity contribution in [2.75, 3.05) is 37.0 Å². The number of hydrogen-bond donors (Lipinski definition) is 2. The summed E-state index contributed by atoms with van der Waals surface area (Å²) >= 11 is 0. The van der Waals surface area contributed by atoms with Crippen molar-refractivity contribution in [3.8, 4) is 0 Å². The van der Waals surface area contributed by atoms with Gasteiger partial charge in [-0.2, -0.15) is 0 Å². The SMILES string of the molecule is C[C@@H]1CN(c2ccc(N(C)C)cc2C=O)C[C@H](C)O1.O=C1CC(=O)NC(=O)N1. The van der Waals surface area contributed by atoms with Crippen LogP contribution in [-0.2, 0) is 14.3 Å². The van der Waals surface area contributed by atoms with Gasteiger partial charge in [0.15, 0.2) is 6.29 Å². The summed E-state index contributed by atoms with van der Waals surface area (Å²) in [6, 6.07) is 5.28. The molecule has 2 heterocycles. The van der Waals surface area contributed by atoms with E-state index in [1.807, 2.05) is 47.8 Å². The fraction of sp³-hybridized carbons (Fsp3) is 0.474. The van der Waals surface area contributed by atoms with Gasteiger partial charge in [0.25, 0.3) is 0 Å². The Morgan fingerprint density at radius 3 is 2.11 bits per heavy atom. The number of barbiturate groups is 1. The molecule has 2 aliphatic heterocycles. The van der Waals surface area contributed by atoms with Crippen LogP contribution < -0.4 is 20.4 Å². The van der Waals surface area contributed by atoms with Gasteiger partial charge >= 0.3 is 6.03 Å². The van der Waals surface area contributed by atoms with Crippen LogP contribution in [0.3, 0.4) is 0 Å². The molecule has 0 unspecified atom stereocenters. The molecule has 152 valence electrons. The molecule has 0 radical (unpaired) electrons. The zero-order chi connectivity index (χ0) is 20.8. The van der Waals surface area contributed by atoms with E-state index in [1.165, 1.54) is 0 Å². The molecule has 0 aliphatic carbocycles. The summed E-state index contributed by atoms with van der Waals surface area (Å²) in [5.74, 6) is -1.10. The van der Waals surface area contributed by atoms with Gasteiger partial charge in [-0.05, 0) is 32.0 Å². The van der Waals surface area contributed by atoms with Crippen LogP contribution in [0.1, 0.15) is 30.6 Å². The molecule has 2 fully saturated rings. The first-order valence-corrected chi connectivity index (χ1v) is 9.00. The summed E-state index contributed by atoms with van der Waals surface area (Å²) < 4.78 is 5.74. The van der Waals surface area contributed by atoms with Gasteiger partial charge in [0.05, 0.1) is 12.2 Å². The van der Waals surface area contributed by atoms with Gasteiger partial charge < -0.3 is 14.5 Å². The molecular weight excluding hydrogens is 364 g/mol. The van der Waals surface area contributed by atoms with Crippen molar-refractivity contribution >= 4 is 35.5 Å². The van der Waals surface area contributed by atoms with Crippen molar-refractivity contribution in [2.45, 2.75) is 32.5 Å². The summed E-state index contributed by atoms with van der Waals surface area (Å²) in [5.41, 5.74) is 2.79. The van der Waals surface area contributed by atoms with Gasteiger partial charge in [-0.15, -0.1) is 0 Å². The Hall–Kier alpha value is -2.94. The Morgan fingerprint density at radius 1 is 1.07 bits per heavy atom. The van der Waals surface area contributed by atoms with Gasteiger partial charge in [-0.3, -0.25) is 25.0 Å². The summed E-state index contributed by atoms with van der Waals surface area (Å²) in [6.07, 6.45) is 1.06. The monoisotopic (exact) mass is 390 g/mol. The second-order valence-electron chi connectivity index (χ2n) is 7.02. The number of nitrogens with one attached hydrogen (secondary N) is 2. The van der Waals surface area contributed by atoms with Crippen LogP contribution in [-0.4, -0.2) is 63.5 Å². The van der Waals surface area contributed by atoms with Crippen LogP contribution >= 0.6 is 0 Å². The lowest BCUT2D eigenvalue weighted by Crippen LogP contribution is -2.49. The number of urea groups is 1. The number of carbonyl (C=O) groups is 4. The summed E-state index contributed by atoms with van der Waals surface area (Å²) in [7, 11) is 3.95. The van der Waals surface area contributed by atoms with E-state index in [9.17, 15) is 19.2 Å². The first-order chi connectivity index (χ1) is 13.2. The van der Waals surface area contributed by atoms with Crippen molar-refractivity contribution in [3.63, 3.8) is 0 Å². The second-order valence-corrected chi connectivity index (χ2v) is 7.02. The van der Waals surface area contributed by atoms with E-state index in [1.54, 1.807) is 0 Å². The van der Waals surface area contributed by atoms with Crippen LogP contribution in [0.4, 0.5) is 16.2 Å². The molecule has 1 aromatic carbocycles. The maximum atomic E-state index is 11.3. The average molecular weight is 390 g/mol. The Kier molecular flexibility index (Phi) is 7.11. The van der Waals surface area contributed by atoms with Crippen LogP contribution in [0.15, 0.2) is 18.2 Å². The van der Waals surface area contributed by atoms with E-state index >= 15 is 0 Å². The molecule has 1 aromatic rings. The Bertz CT molecular complexity index is 709. The lowest BCUT2D eigenvalue weighted by atomic mass is 10.1. The Labute approximate surface area is 164 Å². The van der Waals surface area contributed by atoms with Crippen LogP contribution in [0.2, 0.25) is 0 Å². The number of carbonyl (C=O) groups excluding carboxylic acids is 4. The van der Waals surface area contributed by atoms with Gasteiger partial charge in [0, 0.05) is 44.1 Å². The molecule has 28 heavy (non-hydrogen) atoms. The fourth-order valence-corrected chi connectivity index (χ4v) is 3.10. The first-order valence-electron chi connectivity index (χ1n) is 9.00. The molecule has 0 bridgehead atoms. The van der Waals surface area contributed by atoms with Gasteiger partial charge in [0.2, 0.25) is 11.8 Å². The molecule has 4 amide bonds. The van der Waals surface area contributed by atoms with Gasteiger partial charge in [-0.1, -0.05) is 0 Å². The predicted molar refractivity (Wildman–Crippen MR) is 105 cm³/mol. The number of aldehydes is 1. The third-order valence-electron chi connectivity index (χ3n) is 4.24. The van der Waals surface area contributed by atoms with E-state index < -0.39 is 17.8 Å². The second kappa shape index (κ2) is 9.32. The van der Waals surface area contributed by atoms with Crippen LogP contribution in [0.25, 0.3) is 0 Å². The normalized spacial score (nSPS) is 21.9. The third-order valence-corrected chi connectivity index (χ3v) is 4.24. The Morgan fingerprint density at radius 2 is 1.64 bits per heavy atom. The van der Waals surface area contributed by atoms with Gasteiger partial charge in [-0.25, -0.2) is 4.79 Å². The molecule has 3 rings (SSSR count). The minimum atomic E-state index is -0.740. The third kappa shape index (κ3) is 5.78. The number of benzene rings is 1. The lowest BCUT2D eigenvalue weighted by Gasteiger charge is -2.37. The maximum absolute atomic E-state index is 11.3. The highest BCUT2D eigenvalue weighted by Gasteiger charge is 2.24. The number of anilines is 2. The number of nitrogens with zero attached hydrogens (tertiary/aromatic N) is 2. The summed E-state index contributed by atoms with van der Waals surface area (Å²) in [5, 5.41) is 3.80. The fourth-order valence-electron chi connectivity index (χ4n) is 3.10. The number of ether oxygens (including phenoxy) is 1. The highest BCUT2D eigenvalue weighted by Crippen LogP contribution is 2.27. The Balaban J connectivity index is 0.000000261. The largest absolute Gasteiger partial charge is 0.378 e. The molecule has 2 N–H and O–H groups in total. The summed E-state index contributed by atoms with van der Waals surface area (Å²) in [4.78, 5) is 46.4. The van der Waals surface area contributed by atoms with Crippen molar-refractivity contribution in [2.24, 2.45) is 0 Å². The van der Waals surface area contributed by atoms with E-state index in [0.717, 1.165) is 36.3 Å². The molecular formula is C19H26N4O5. The molecule has 2 atom stereocenters. The number of hydrogen-bond acceptors (Lipinski definition) is 7. The molecule has 9 nitrogen and oxygen atoms in total. The molecule has 0 saturated carbocycles. The first kappa shape index (κ1) is 21.4. The zero-order valence-electron chi connectivity index (χ0n) is 16.5. The highest BCUT2D eigenvalue weighted by atomic mass is 16.5. The van der Waals surface area contributed by atoms with E-state index in [2.05, 4.69) is 18.7 Å². The number of amides is 4. The molecule has 9 heteroatoms. The minimum Gasteiger partial charge on any atom is -0.378 e. The zero-order valence-corrected chi connectivity index (χ0v) is 16.5. The van der Waals surface area contributed by atoms with Crippen molar-refractivity contribution in [1.29, 1.82) is 0 Å². The van der Waals surface area contributed by atoms with Crippen LogP contribution in [0.5, 0.6) is 0 Å². The summed E-state index contributed by atoms with van der Waals surface area (Å²) in [6.45, 7) is 5.79. The predicted octanol–water partition coefficient (Wildman–Crippen LogP) is 0.921. The lowest BCUT2D eigenvalue weighted by molar-refractivity contribution is -0.129. The minimum absolute atomic E-state index is 0.191. The number of rotatable bonds is 3. The van der Waals surface area contributed by atoms with Crippen LogP contribution in [0, 0.1) is 0 Å². The molecule has 0 spiro atoms.